The number of carboxylic acid groups (broad SMARTS) is 1. The topological polar surface area (TPSA) is 107 Å². The van der Waals surface area contributed by atoms with Crippen molar-refractivity contribution in [2.75, 3.05) is 12.9 Å². The lowest BCUT2D eigenvalue weighted by atomic mass is 10.1. The summed E-state index contributed by atoms with van der Waals surface area (Å²) >= 11 is 1.21. The summed E-state index contributed by atoms with van der Waals surface area (Å²) in [6, 6.07) is 10.8. The number of allylic oxidation sites excluding steroid dienone is 1. The first kappa shape index (κ1) is 20.2. The highest BCUT2D eigenvalue weighted by Gasteiger charge is 2.10. The third-order valence-electron chi connectivity index (χ3n) is 3.58. The third-order valence-corrected chi connectivity index (χ3v) is 4.55. The number of non-ortho nitro benzene ring substituents is 1. The minimum Gasteiger partial charge on any atom is -0.496 e. The Hall–Kier alpha value is -3.13. The van der Waals surface area contributed by atoms with Crippen molar-refractivity contribution in [1.82, 2.24) is 0 Å². The SMILES string of the molecule is COc1ccc(C(=O)C=Cc2ccc([N+](=O)[O-])cc2)cc1CSCC(=O)O. The van der Waals surface area contributed by atoms with Crippen LogP contribution in [0.2, 0.25) is 0 Å². The molecule has 27 heavy (non-hydrogen) atoms. The zero-order valence-corrected chi connectivity index (χ0v) is 15.3. The highest BCUT2D eigenvalue weighted by Crippen LogP contribution is 2.25. The van der Waals surface area contributed by atoms with E-state index in [0.29, 0.717) is 22.6 Å². The molecular formula is C19H17NO6S. The number of hydrogen-bond donors (Lipinski definition) is 1. The standard InChI is InChI=1S/C19H17NO6S/c1-26-18-9-5-14(10-15(18)11-27-12-19(22)23)17(21)8-4-13-2-6-16(7-3-13)20(24)25/h2-10H,11-12H2,1H3,(H,22,23). The monoisotopic (exact) mass is 387 g/mol. The molecule has 140 valence electrons. The molecule has 0 spiro atoms. The van der Waals surface area contributed by atoms with Crippen LogP contribution in [-0.2, 0) is 10.5 Å². The number of hydrogen-bond acceptors (Lipinski definition) is 6. The van der Waals surface area contributed by atoms with Crippen molar-refractivity contribution in [3.8, 4) is 5.75 Å². The van der Waals surface area contributed by atoms with Crippen LogP contribution in [0.3, 0.4) is 0 Å². The van der Waals surface area contributed by atoms with E-state index in [9.17, 15) is 19.7 Å². The number of nitro groups is 1. The van der Waals surface area contributed by atoms with Gasteiger partial charge in [0.15, 0.2) is 5.78 Å². The smallest absolute Gasteiger partial charge is 0.313 e. The maximum atomic E-state index is 12.4. The van der Waals surface area contributed by atoms with Crippen molar-refractivity contribution < 1.29 is 24.4 Å². The van der Waals surface area contributed by atoms with Crippen LogP contribution in [0.25, 0.3) is 6.08 Å². The Labute approximate surface area is 159 Å². The van der Waals surface area contributed by atoms with Crippen LogP contribution in [0.4, 0.5) is 5.69 Å². The van der Waals surface area contributed by atoms with E-state index in [1.54, 1.807) is 36.4 Å². The van der Waals surface area contributed by atoms with Crippen molar-refractivity contribution in [1.29, 1.82) is 0 Å². The van der Waals surface area contributed by atoms with Gasteiger partial charge in [-0.3, -0.25) is 19.7 Å². The molecule has 7 nitrogen and oxygen atoms in total. The Bertz CT molecular complexity index is 876. The minimum atomic E-state index is -0.905. The van der Waals surface area contributed by atoms with Gasteiger partial charge in [0.05, 0.1) is 17.8 Å². The second kappa shape index (κ2) is 9.54. The fourth-order valence-electron chi connectivity index (χ4n) is 2.27. The molecule has 0 atom stereocenters. The van der Waals surface area contributed by atoms with E-state index in [-0.39, 0.29) is 17.2 Å². The van der Waals surface area contributed by atoms with E-state index in [1.807, 2.05) is 0 Å². The molecule has 2 rings (SSSR count). The van der Waals surface area contributed by atoms with Gasteiger partial charge in [0.2, 0.25) is 0 Å². The van der Waals surface area contributed by atoms with Gasteiger partial charge in [0, 0.05) is 29.0 Å². The van der Waals surface area contributed by atoms with E-state index in [2.05, 4.69) is 0 Å². The first-order valence-corrected chi connectivity index (χ1v) is 8.99. The second-order valence-electron chi connectivity index (χ2n) is 5.46. The fraction of sp³-hybridized carbons (Fsp3) is 0.158. The van der Waals surface area contributed by atoms with Gasteiger partial charge in [0.1, 0.15) is 5.75 Å². The van der Waals surface area contributed by atoms with Gasteiger partial charge in [-0.2, -0.15) is 0 Å². The number of thioether (sulfide) groups is 1. The zero-order chi connectivity index (χ0) is 19.8. The van der Waals surface area contributed by atoms with Crippen LogP contribution in [0.15, 0.2) is 48.5 Å². The third kappa shape index (κ3) is 5.96. The maximum absolute atomic E-state index is 12.4. The molecule has 2 aromatic carbocycles. The average molecular weight is 387 g/mol. The summed E-state index contributed by atoms with van der Waals surface area (Å²) in [4.78, 5) is 33.2. The number of methoxy groups -OCH3 is 1. The molecule has 2 aromatic rings. The first-order chi connectivity index (χ1) is 12.9. The van der Waals surface area contributed by atoms with E-state index in [1.165, 1.54) is 37.1 Å². The number of nitro benzene ring substituents is 1. The number of carbonyl (C=O) groups is 2. The lowest BCUT2D eigenvalue weighted by Crippen LogP contribution is -2.01. The molecule has 0 radical (unpaired) electrons. The van der Waals surface area contributed by atoms with Gasteiger partial charge >= 0.3 is 5.97 Å². The van der Waals surface area contributed by atoms with Crippen LogP contribution in [0.5, 0.6) is 5.75 Å². The minimum absolute atomic E-state index is 0.0165. The van der Waals surface area contributed by atoms with Crippen LogP contribution in [-0.4, -0.2) is 34.6 Å². The van der Waals surface area contributed by atoms with Gasteiger partial charge in [-0.25, -0.2) is 0 Å². The van der Waals surface area contributed by atoms with E-state index >= 15 is 0 Å². The number of carbonyl (C=O) groups excluding carboxylic acids is 1. The molecule has 0 aromatic heterocycles. The molecule has 8 heteroatoms. The van der Waals surface area contributed by atoms with Gasteiger partial charge in [-0.1, -0.05) is 6.08 Å². The predicted molar refractivity (Wildman–Crippen MR) is 103 cm³/mol. The number of nitrogens with zero attached hydrogens (tertiary/aromatic N) is 1. The van der Waals surface area contributed by atoms with Crippen molar-refractivity contribution in [3.05, 3.63) is 75.3 Å². The van der Waals surface area contributed by atoms with Crippen LogP contribution < -0.4 is 4.74 Å². The van der Waals surface area contributed by atoms with Crippen molar-refractivity contribution in [2.24, 2.45) is 0 Å². The van der Waals surface area contributed by atoms with Gasteiger partial charge in [-0.05, 0) is 42.0 Å². The molecule has 1 N–H and O–H groups in total. The number of ketones is 1. The Kier molecular flexibility index (Phi) is 7.13. The Morgan fingerprint density at radius 1 is 1.22 bits per heavy atom. The molecule has 0 aliphatic carbocycles. The molecule has 0 aliphatic heterocycles. The Balaban J connectivity index is 2.12. The van der Waals surface area contributed by atoms with E-state index < -0.39 is 10.9 Å². The van der Waals surface area contributed by atoms with Crippen molar-refractivity contribution >= 4 is 35.3 Å². The molecule has 0 aliphatic rings. The Morgan fingerprint density at radius 2 is 1.93 bits per heavy atom. The largest absolute Gasteiger partial charge is 0.496 e. The summed E-state index contributed by atoms with van der Waals surface area (Å²) in [5.74, 6) is -0.189. The number of ether oxygens (including phenoxy) is 1. The second-order valence-corrected chi connectivity index (χ2v) is 6.44. The predicted octanol–water partition coefficient (Wildman–Crippen LogP) is 3.82. The molecule has 0 saturated carbocycles. The average Bonchev–Trinajstić information content (AvgIpc) is 2.66. The molecule has 0 saturated heterocycles. The molecular weight excluding hydrogens is 370 g/mol. The summed E-state index contributed by atoms with van der Waals surface area (Å²) in [5.41, 5.74) is 1.83. The van der Waals surface area contributed by atoms with Crippen LogP contribution >= 0.6 is 11.8 Å². The van der Waals surface area contributed by atoms with Crippen molar-refractivity contribution in [3.63, 3.8) is 0 Å². The summed E-state index contributed by atoms with van der Waals surface area (Å²) in [6.45, 7) is 0. The summed E-state index contributed by atoms with van der Waals surface area (Å²) in [6.07, 6.45) is 2.96. The lowest BCUT2D eigenvalue weighted by Gasteiger charge is -2.09. The highest BCUT2D eigenvalue weighted by atomic mass is 32.2. The van der Waals surface area contributed by atoms with Gasteiger partial charge in [-0.15, -0.1) is 11.8 Å². The highest BCUT2D eigenvalue weighted by molar-refractivity contribution is 7.99. The number of carboxylic acids is 1. The van der Waals surface area contributed by atoms with E-state index in [4.69, 9.17) is 9.84 Å². The maximum Gasteiger partial charge on any atom is 0.313 e. The zero-order valence-electron chi connectivity index (χ0n) is 14.5. The lowest BCUT2D eigenvalue weighted by molar-refractivity contribution is -0.384. The number of aliphatic carboxylic acids is 1. The molecule has 0 amide bonds. The number of rotatable bonds is 9. The molecule has 0 fully saturated rings. The number of benzene rings is 2. The molecule has 0 heterocycles. The fourth-order valence-corrected chi connectivity index (χ4v) is 2.99. The normalized spacial score (nSPS) is 10.7. The summed E-state index contributed by atoms with van der Waals surface area (Å²) < 4.78 is 5.25. The quantitative estimate of drug-likeness (QED) is 0.302. The van der Waals surface area contributed by atoms with Crippen LogP contribution in [0, 0.1) is 10.1 Å². The van der Waals surface area contributed by atoms with Crippen LogP contribution in [0.1, 0.15) is 21.5 Å². The van der Waals surface area contributed by atoms with Gasteiger partial charge in [0.25, 0.3) is 5.69 Å². The van der Waals surface area contributed by atoms with E-state index in [0.717, 1.165) is 5.56 Å². The first-order valence-electron chi connectivity index (χ1n) is 7.84. The summed E-state index contributed by atoms with van der Waals surface area (Å²) in [5, 5.41) is 19.4. The van der Waals surface area contributed by atoms with Gasteiger partial charge < -0.3 is 9.84 Å². The summed E-state index contributed by atoms with van der Waals surface area (Å²) in [7, 11) is 1.51. The van der Waals surface area contributed by atoms with Crippen molar-refractivity contribution in [2.45, 2.75) is 5.75 Å². The molecule has 0 unspecified atom stereocenters. The molecule has 0 bridgehead atoms. The Morgan fingerprint density at radius 3 is 2.52 bits per heavy atom.